The largest absolute Gasteiger partial charge is 0.497 e. The summed E-state index contributed by atoms with van der Waals surface area (Å²) < 4.78 is 10.6. The molecule has 0 saturated heterocycles. The molecule has 0 unspecified atom stereocenters. The van der Waals surface area contributed by atoms with Gasteiger partial charge in [0.25, 0.3) is 5.91 Å². The second-order valence-corrected chi connectivity index (χ2v) is 9.50. The standard InChI is InChI=1S/C26H33N3O4/c1-26(2,3)16-24(30)28(4)17-25(31)29-23(18-10-12-20(32-5)13-11-18)15-22(27-29)19-8-7-9-21(14-19)33-6/h7-14,23H,15-17H2,1-6H3/t23-/m0/s1. The molecule has 2 aromatic rings. The highest BCUT2D eigenvalue weighted by Gasteiger charge is 2.34. The van der Waals surface area contributed by atoms with E-state index in [0.717, 1.165) is 28.3 Å². The topological polar surface area (TPSA) is 71.4 Å². The van der Waals surface area contributed by atoms with Gasteiger partial charge >= 0.3 is 0 Å². The number of hydrogen-bond donors (Lipinski definition) is 0. The number of carbonyl (C=O) groups is 2. The summed E-state index contributed by atoms with van der Waals surface area (Å²) in [5.74, 6) is 1.19. The van der Waals surface area contributed by atoms with Crippen LogP contribution in [0.3, 0.4) is 0 Å². The molecule has 2 aromatic carbocycles. The van der Waals surface area contributed by atoms with Crippen molar-refractivity contribution in [1.29, 1.82) is 0 Å². The van der Waals surface area contributed by atoms with Gasteiger partial charge in [-0.3, -0.25) is 9.59 Å². The van der Waals surface area contributed by atoms with Crippen molar-refractivity contribution in [2.75, 3.05) is 27.8 Å². The minimum atomic E-state index is -0.268. The van der Waals surface area contributed by atoms with Gasteiger partial charge in [-0.15, -0.1) is 0 Å². The van der Waals surface area contributed by atoms with Gasteiger partial charge in [-0.1, -0.05) is 45.0 Å². The summed E-state index contributed by atoms with van der Waals surface area (Å²) in [5.41, 5.74) is 2.51. The van der Waals surface area contributed by atoms with Crippen molar-refractivity contribution in [3.8, 4) is 11.5 Å². The van der Waals surface area contributed by atoms with Gasteiger partial charge in [-0.25, -0.2) is 5.01 Å². The average molecular weight is 452 g/mol. The summed E-state index contributed by atoms with van der Waals surface area (Å²) in [6.07, 6.45) is 0.932. The van der Waals surface area contributed by atoms with E-state index in [0.29, 0.717) is 12.8 Å². The second kappa shape index (κ2) is 10.1. The van der Waals surface area contributed by atoms with Crippen LogP contribution in [0, 0.1) is 5.41 Å². The lowest BCUT2D eigenvalue weighted by atomic mass is 9.92. The minimum absolute atomic E-state index is 0.0313. The third-order valence-electron chi connectivity index (χ3n) is 5.55. The second-order valence-electron chi connectivity index (χ2n) is 9.50. The molecule has 0 fully saturated rings. The normalized spacial score (nSPS) is 15.8. The van der Waals surface area contributed by atoms with Crippen LogP contribution in [0.5, 0.6) is 11.5 Å². The molecule has 1 atom stereocenters. The summed E-state index contributed by atoms with van der Waals surface area (Å²) in [6.45, 7) is 5.98. The minimum Gasteiger partial charge on any atom is -0.497 e. The van der Waals surface area contributed by atoms with Crippen molar-refractivity contribution in [2.45, 2.75) is 39.7 Å². The first kappa shape index (κ1) is 24.3. The first-order valence-electron chi connectivity index (χ1n) is 11.0. The van der Waals surface area contributed by atoms with Crippen LogP contribution in [0.2, 0.25) is 0 Å². The molecule has 7 heteroatoms. The van der Waals surface area contributed by atoms with Crippen LogP contribution in [0.25, 0.3) is 0 Å². The maximum Gasteiger partial charge on any atom is 0.262 e. The molecule has 33 heavy (non-hydrogen) atoms. The number of likely N-dealkylation sites (N-methyl/N-ethyl adjacent to an activating group) is 1. The fourth-order valence-corrected chi connectivity index (χ4v) is 3.76. The molecule has 0 aliphatic carbocycles. The van der Waals surface area contributed by atoms with Gasteiger partial charge in [0.15, 0.2) is 0 Å². The van der Waals surface area contributed by atoms with Crippen molar-refractivity contribution in [2.24, 2.45) is 10.5 Å². The molecule has 0 N–H and O–H groups in total. The third kappa shape index (κ3) is 6.12. The highest BCUT2D eigenvalue weighted by molar-refractivity contribution is 6.03. The van der Waals surface area contributed by atoms with Gasteiger partial charge in [-0.2, -0.15) is 5.10 Å². The van der Waals surface area contributed by atoms with Crippen molar-refractivity contribution in [1.82, 2.24) is 9.91 Å². The lowest BCUT2D eigenvalue weighted by Crippen LogP contribution is -2.40. The first-order valence-corrected chi connectivity index (χ1v) is 11.0. The Morgan fingerprint density at radius 1 is 1.06 bits per heavy atom. The summed E-state index contributed by atoms with van der Waals surface area (Å²) in [7, 11) is 4.90. The van der Waals surface area contributed by atoms with E-state index < -0.39 is 0 Å². The SMILES string of the molecule is COc1ccc([C@@H]2CC(c3cccc(OC)c3)=NN2C(=O)CN(C)C(=O)CC(C)(C)C)cc1. The van der Waals surface area contributed by atoms with Crippen LogP contribution in [0.15, 0.2) is 53.6 Å². The first-order chi connectivity index (χ1) is 15.6. The molecule has 1 aliphatic heterocycles. The van der Waals surface area contributed by atoms with E-state index in [9.17, 15) is 9.59 Å². The van der Waals surface area contributed by atoms with Crippen molar-refractivity contribution < 1.29 is 19.1 Å². The Morgan fingerprint density at radius 2 is 1.73 bits per heavy atom. The van der Waals surface area contributed by atoms with Crippen LogP contribution in [0.4, 0.5) is 0 Å². The monoisotopic (exact) mass is 451 g/mol. The lowest BCUT2D eigenvalue weighted by molar-refractivity contribution is -0.141. The van der Waals surface area contributed by atoms with Crippen LogP contribution in [0.1, 0.15) is 50.8 Å². The number of rotatable bonds is 7. The number of benzene rings is 2. The fourth-order valence-electron chi connectivity index (χ4n) is 3.76. The third-order valence-corrected chi connectivity index (χ3v) is 5.55. The average Bonchev–Trinajstić information content (AvgIpc) is 3.23. The molecule has 0 saturated carbocycles. The van der Waals surface area contributed by atoms with Crippen molar-refractivity contribution in [3.05, 3.63) is 59.7 Å². The predicted molar refractivity (Wildman–Crippen MR) is 128 cm³/mol. The van der Waals surface area contributed by atoms with E-state index in [1.54, 1.807) is 21.3 Å². The van der Waals surface area contributed by atoms with Crippen molar-refractivity contribution >= 4 is 17.5 Å². The Bertz CT molecular complexity index is 1020. The Hall–Kier alpha value is -3.35. The molecule has 1 heterocycles. The molecule has 0 spiro atoms. The molecule has 0 radical (unpaired) electrons. The lowest BCUT2D eigenvalue weighted by Gasteiger charge is -2.26. The number of methoxy groups -OCH3 is 2. The summed E-state index contributed by atoms with van der Waals surface area (Å²) in [4.78, 5) is 27.4. The quantitative estimate of drug-likeness (QED) is 0.630. The van der Waals surface area contributed by atoms with Crippen molar-refractivity contribution in [3.63, 3.8) is 0 Å². The van der Waals surface area contributed by atoms with Gasteiger partial charge < -0.3 is 14.4 Å². The van der Waals surface area contributed by atoms with Gasteiger partial charge in [0.2, 0.25) is 5.91 Å². The molecule has 3 rings (SSSR count). The molecular weight excluding hydrogens is 418 g/mol. The van der Waals surface area contributed by atoms with Crippen LogP contribution >= 0.6 is 0 Å². The highest BCUT2D eigenvalue weighted by atomic mass is 16.5. The van der Waals surface area contributed by atoms with E-state index in [1.165, 1.54) is 9.91 Å². The van der Waals surface area contributed by atoms with E-state index in [2.05, 4.69) is 0 Å². The highest BCUT2D eigenvalue weighted by Crippen LogP contribution is 2.34. The number of hydrazone groups is 1. The molecule has 176 valence electrons. The number of nitrogens with zero attached hydrogens (tertiary/aromatic N) is 3. The number of carbonyl (C=O) groups excluding carboxylic acids is 2. The van der Waals surface area contributed by atoms with Gasteiger partial charge in [0.1, 0.15) is 18.0 Å². The molecule has 0 aromatic heterocycles. The smallest absolute Gasteiger partial charge is 0.262 e. The van der Waals surface area contributed by atoms with Crippen LogP contribution < -0.4 is 9.47 Å². The van der Waals surface area contributed by atoms with Gasteiger partial charge in [0.05, 0.1) is 26.0 Å². The molecule has 2 amide bonds. The van der Waals surface area contributed by atoms with Gasteiger partial charge in [0, 0.05) is 25.5 Å². The maximum atomic E-state index is 13.3. The van der Waals surface area contributed by atoms with E-state index >= 15 is 0 Å². The zero-order valence-corrected chi connectivity index (χ0v) is 20.3. The Balaban J connectivity index is 1.87. The van der Waals surface area contributed by atoms with E-state index in [-0.39, 0.29) is 29.8 Å². The Labute approximate surface area is 196 Å². The molecule has 1 aliphatic rings. The zero-order chi connectivity index (χ0) is 24.2. The van der Waals surface area contributed by atoms with Crippen LogP contribution in [-0.2, 0) is 9.59 Å². The van der Waals surface area contributed by atoms with E-state index in [1.807, 2.05) is 69.3 Å². The molecule has 0 bridgehead atoms. The fraction of sp³-hybridized carbons (Fsp3) is 0.423. The number of amides is 2. The van der Waals surface area contributed by atoms with Gasteiger partial charge in [-0.05, 0) is 35.2 Å². The Kier molecular flexibility index (Phi) is 7.41. The predicted octanol–water partition coefficient (Wildman–Crippen LogP) is 4.28. The summed E-state index contributed by atoms with van der Waals surface area (Å²) in [5, 5.41) is 6.21. The number of hydrogen-bond acceptors (Lipinski definition) is 5. The van der Waals surface area contributed by atoms with E-state index in [4.69, 9.17) is 14.6 Å². The molecular formula is C26H33N3O4. The summed E-state index contributed by atoms with van der Waals surface area (Å²) >= 11 is 0. The summed E-state index contributed by atoms with van der Waals surface area (Å²) in [6, 6.07) is 15.0. The number of ether oxygens (including phenoxy) is 2. The van der Waals surface area contributed by atoms with Crippen LogP contribution in [-0.4, -0.2) is 55.2 Å². The zero-order valence-electron chi connectivity index (χ0n) is 20.3. The Morgan fingerprint density at radius 3 is 2.33 bits per heavy atom. The molecule has 7 nitrogen and oxygen atoms in total. The maximum absolute atomic E-state index is 13.3.